The Balaban J connectivity index is 0.0000000924. The van der Waals surface area contributed by atoms with Crippen LogP contribution in [0.2, 0.25) is 0 Å². The van der Waals surface area contributed by atoms with Crippen molar-refractivity contribution in [2.75, 3.05) is 0 Å². The van der Waals surface area contributed by atoms with Crippen LogP contribution in [0.4, 0.5) is 0 Å². The summed E-state index contributed by atoms with van der Waals surface area (Å²) in [4.78, 5) is 44.9. The number of aromatic nitrogens is 13. The summed E-state index contributed by atoms with van der Waals surface area (Å²) in [6.45, 7) is 0. The van der Waals surface area contributed by atoms with Gasteiger partial charge in [-0.15, -0.1) is 0 Å². The van der Waals surface area contributed by atoms with E-state index < -0.39 is 0 Å². The number of hydrogen-bond donors (Lipinski definition) is 0. The number of rotatable bonds is 8. The summed E-state index contributed by atoms with van der Waals surface area (Å²) in [5, 5.41) is 23.7. The fraction of sp³-hybridized carbons (Fsp3) is 0. The third-order valence-electron chi connectivity index (χ3n) is 28.0. The fourth-order valence-electron chi connectivity index (χ4n) is 22.0. The van der Waals surface area contributed by atoms with Crippen LogP contribution < -0.4 is 0 Å². The van der Waals surface area contributed by atoms with Crippen molar-refractivity contribution in [3.05, 3.63) is 456 Å². The van der Waals surface area contributed by atoms with Crippen molar-refractivity contribution in [2.24, 2.45) is 0 Å². The van der Waals surface area contributed by atoms with Crippen molar-refractivity contribution < 1.29 is 8.83 Å². The van der Waals surface area contributed by atoms with E-state index >= 15 is 0 Å². The molecule has 0 radical (unpaired) electrons. The zero-order chi connectivity index (χ0) is 94.6. The van der Waals surface area contributed by atoms with Crippen LogP contribution in [0.25, 0.3) is 282 Å². The third-order valence-corrected chi connectivity index (χ3v) is 32.9. The summed E-state index contributed by atoms with van der Waals surface area (Å²) in [5.41, 5.74) is 24.2. The first-order valence-corrected chi connectivity index (χ1v) is 51.4. The standard InChI is InChI=1S/2C37H22N4O.C27H16N2Se.C26H15N3Se/c1-3-12-23(13-4-1)28-22-29(24-14-5-2-6-15-24)40-37(39-28)41-30-19-9-7-16-25(30)32-27-18-11-21-38-34(27)36-33(35(32)41)26-17-8-10-20-31(26)42-36;1-3-12-23(13-4-1)28-22-31(40-37(39-28)24-14-5-2-6-15-24)41-29-19-9-7-16-25(29)32-27-18-11-21-38-34(27)36-33(35(32)41)26-17-8-10-20-30(26)42-36;1-2-9-17(10-3-1)29-21-14-6-4-11-18(21)23-20-13-8-16-28-25(20)27-24(26(23)29)19-12-5-7-15-22(19)30-27;1-3-11-19-16(8-1)22-18-10-7-15-28-24(18)26-23(17-9-2-4-12-20(17)30-26)25(22)29(19)21-13-5-6-14-27-21/h2*1-22H;1-16H;1-15H. The van der Waals surface area contributed by atoms with E-state index in [1.54, 1.807) is 0 Å². The van der Waals surface area contributed by atoms with Crippen LogP contribution in [0.15, 0.2) is 464 Å². The van der Waals surface area contributed by atoms with Gasteiger partial charge in [0, 0.05) is 83.8 Å². The second kappa shape index (κ2) is 33.7. The molecule has 17 heteroatoms. The van der Waals surface area contributed by atoms with Crippen LogP contribution in [-0.4, -0.2) is 92.1 Å². The molecule has 0 unspecified atom stereocenters. The van der Waals surface area contributed by atoms with Crippen molar-refractivity contribution in [3.8, 4) is 68.4 Å². The first kappa shape index (κ1) is 82.6. The van der Waals surface area contributed by atoms with E-state index in [1.165, 1.54) is 98.7 Å². The van der Waals surface area contributed by atoms with Gasteiger partial charge in [0.15, 0.2) is 17.0 Å². The van der Waals surface area contributed by atoms with Gasteiger partial charge in [-0.25, -0.2) is 19.9 Å². The van der Waals surface area contributed by atoms with E-state index in [-0.39, 0.29) is 29.0 Å². The predicted molar refractivity (Wildman–Crippen MR) is 594 cm³/mol. The molecule has 0 saturated carbocycles. The zero-order valence-corrected chi connectivity index (χ0v) is 80.2. The molecule has 672 valence electrons. The SMILES string of the molecule is c1ccc(-c2cc(-c3ccccc3)nc(-n3c4ccccc4c4c5cccnc5c5oc6ccccc6c5c43)n2)cc1.c1ccc(-c2cc(-n3c4ccccc4c4c5cccnc5c5oc6ccccc6c5c43)nc(-c3ccccc3)n2)cc1.c1ccc(-n2c3ccccc3c3c4cccnc4c4[se]c5ccccc5c4c32)cc1.c1ccc(-n2c3ccccc3c3c4cccnc4c4[se]c5ccccc5c4c32)nc1. The molecule has 17 aromatic carbocycles. The van der Waals surface area contributed by atoms with E-state index in [0.29, 0.717) is 11.8 Å². The van der Waals surface area contributed by atoms with Crippen molar-refractivity contribution in [1.82, 2.24) is 63.1 Å². The molecule has 15 heterocycles. The molecule has 15 aromatic heterocycles. The van der Waals surface area contributed by atoms with Crippen LogP contribution in [0.1, 0.15) is 0 Å². The monoisotopic (exact) mass is 1970 g/mol. The van der Waals surface area contributed by atoms with Gasteiger partial charge >= 0.3 is 357 Å². The van der Waals surface area contributed by atoms with Gasteiger partial charge in [-0.2, -0.15) is 0 Å². The van der Waals surface area contributed by atoms with E-state index in [2.05, 4.69) is 328 Å². The van der Waals surface area contributed by atoms with Gasteiger partial charge in [0.25, 0.3) is 0 Å². The molecule has 0 aliphatic rings. The van der Waals surface area contributed by atoms with Gasteiger partial charge in [0.05, 0.1) is 49.9 Å². The average molecular weight is 1970 g/mol. The van der Waals surface area contributed by atoms with Crippen LogP contribution in [0.3, 0.4) is 0 Å². The van der Waals surface area contributed by atoms with Crippen LogP contribution >= 0.6 is 0 Å². The van der Waals surface area contributed by atoms with Gasteiger partial charge < -0.3 is 8.83 Å². The number of pyridine rings is 5. The van der Waals surface area contributed by atoms with Gasteiger partial charge in [-0.1, -0.05) is 206 Å². The number of benzene rings is 17. The summed E-state index contributed by atoms with van der Waals surface area (Å²) in [5.74, 6) is 3.03. The maximum atomic E-state index is 6.54. The quantitative estimate of drug-likeness (QED) is 0.133. The molecule has 0 fully saturated rings. The maximum absolute atomic E-state index is 6.54. The van der Waals surface area contributed by atoms with E-state index in [4.69, 9.17) is 53.7 Å². The third kappa shape index (κ3) is 13.0. The van der Waals surface area contributed by atoms with Gasteiger partial charge in [0.2, 0.25) is 5.95 Å². The molecular formula is C127H75N13O2Se2. The molecule has 144 heavy (non-hydrogen) atoms. The van der Waals surface area contributed by atoms with Crippen LogP contribution in [0.5, 0.6) is 0 Å². The van der Waals surface area contributed by atoms with E-state index in [0.717, 1.165) is 171 Å². The zero-order valence-electron chi connectivity index (χ0n) is 76.7. The molecule has 0 N–H and O–H groups in total. The van der Waals surface area contributed by atoms with Gasteiger partial charge in [-0.3, -0.25) is 19.1 Å². The van der Waals surface area contributed by atoms with Crippen LogP contribution in [0, 0.1) is 0 Å². The Kier molecular flexibility index (Phi) is 19.3. The molecule has 0 spiro atoms. The molecule has 15 nitrogen and oxygen atoms in total. The van der Waals surface area contributed by atoms with E-state index in [9.17, 15) is 0 Å². The molecule has 0 aliphatic carbocycles. The number of furan rings is 2. The minimum atomic E-state index is 0.234. The normalized spacial score (nSPS) is 11.9. The molecule has 32 aromatic rings. The first-order valence-electron chi connectivity index (χ1n) is 48.0. The summed E-state index contributed by atoms with van der Waals surface area (Å²) in [6.07, 6.45) is 9.40. The van der Waals surface area contributed by atoms with Gasteiger partial charge in [-0.05, 0) is 42.5 Å². The second-order valence-electron chi connectivity index (χ2n) is 36.0. The van der Waals surface area contributed by atoms with Crippen molar-refractivity contribution in [1.29, 1.82) is 0 Å². The Morgan fingerprint density at radius 2 is 0.535 bits per heavy atom. The molecular weight excluding hydrogens is 1900 g/mol. The Bertz CT molecular complexity index is 10100. The van der Waals surface area contributed by atoms with E-state index in [1.807, 2.05) is 146 Å². The Morgan fingerprint density at radius 1 is 0.208 bits per heavy atom. The van der Waals surface area contributed by atoms with Crippen molar-refractivity contribution in [3.63, 3.8) is 0 Å². The molecule has 0 bridgehead atoms. The average Bonchev–Trinajstić information content (AvgIpc) is 1.55. The van der Waals surface area contributed by atoms with Crippen LogP contribution in [-0.2, 0) is 0 Å². The number of nitrogens with zero attached hydrogens (tertiary/aromatic N) is 13. The first-order chi connectivity index (χ1) is 71.5. The minimum absolute atomic E-state index is 0.234. The number of para-hydroxylation sites is 7. The second-order valence-corrected chi connectivity index (χ2v) is 40.4. The summed E-state index contributed by atoms with van der Waals surface area (Å²) in [7, 11) is 0. The summed E-state index contributed by atoms with van der Waals surface area (Å²) < 4.78 is 28.0. The summed E-state index contributed by atoms with van der Waals surface area (Å²) >= 11 is 0.489. The predicted octanol–water partition coefficient (Wildman–Crippen LogP) is 31.5. The number of hydrogen-bond acceptors (Lipinski definition) is 11. The molecule has 32 rings (SSSR count). The molecule has 0 aliphatic heterocycles. The van der Waals surface area contributed by atoms with Gasteiger partial charge in [0.1, 0.15) is 28.0 Å². The van der Waals surface area contributed by atoms with Crippen molar-refractivity contribution in [2.45, 2.75) is 0 Å². The Labute approximate surface area is 831 Å². The molecule has 0 amide bonds. The topological polar surface area (TPSA) is 162 Å². The summed E-state index contributed by atoms with van der Waals surface area (Å²) in [6, 6.07) is 147. The molecule has 0 saturated heterocycles. The number of fused-ring (bicyclic) bond motifs is 40. The molecule has 0 atom stereocenters. The Hall–Kier alpha value is -18.5. The fourth-order valence-corrected chi connectivity index (χ4v) is 27.1. The van der Waals surface area contributed by atoms with Crippen molar-refractivity contribution >= 4 is 242 Å². The Morgan fingerprint density at radius 3 is 0.986 bits per heavy atom.